The third-order valence-electron chi connectivity index (χ3n) is 3.57. The van der Waals surface area contributed by atoms with Gasteiger partial charge in [-0.2, -0.15) is 5.26 Å². The maximum atomic E-state index is 12.0. The molecule has 1 amide bonds. The lowest BCUT2D eigenvalue weighted by Gasteiger charge is -2.35. The zero-order valence-electron chi connectivity index (χ0n) is 12.3. The van der Waals surface area contributed by atoms with Crippen molar-refractivity contribution in [2.24, 2.45) is 0 Å². The molecule has 0 atom stereocenters. The number of ether oxygens (including phenoxy) is 1. The van der Waals surface area contributed by atoms with Gasteiger partial charge in [-0.05, 0) is 18.6 Å². The summed E-state index contributed by atoms with van der Waals surface area (Å²) in [7, 11) is 1.65. The van der Waals surface area contributed by atoms with E-state index in [1.807, 2.05) is 11.0 Å². The second-order valence-corrected chi connectivity index (χ2v) is 4.98. The topological polar surface area (TPSA) is 69.5 Å². The number of hydrogen-bond acceptors (Lipinski definition) is 5. The monoisotopic (exact) mass is 288 g/mol. The third kappa shape index (κ3) is 4.17. The average molecular weight is 288 g/mol. The fourth-order valence-electron chi connectivity index (χ4n) is 2.35. The zero-order valence-corrected chi connectivity index (χ0v) is 12.3. The SMILES string of the molecule is COCCCC(=O)N1CCN(c2ccc(C#N)cn2)CC1. The molecule has 1 aliphatic rings. The van der Waals surface area contributed by atoms with Crippen LogP contribution in [0, 0.1) is 11.3 Å². The first-order valence-electron chi connectivity index (χ1n) is 7.12. The molecule has 1 aliphatic heterocycles. The van der Waals surface area contributed by atoms with Crippen LogP contribution in [0.4, 0.5) is 5.82 Å². The third-order valence-corrected chi connectivity index (χ3v) is 3.57. The summed E-state index contributed by atoms with van der Waals surface area (Å²) in [6.45, 7) is 3.60. The maximum Gasteiger partial charge on any atom is 0.222 e. The van der Waals surface area contributed by atoms with E-state index in [0.717, 1.165) is 25.3 Å². The summed E-state index contributed by atoms with van der Waals surface area (Å²) in [6.07, 6.45) is 2.90. The normalized spacial score (nSPS) is 14.9. The number of pyridine rings is 1. The Hall–Kier alpha value is -2.13. The van der Waals surface area contributed by atoms with Gasteiger partial charge in [0.05, 0.1) is 5.56 Å². The molecule has 1 saturated heterocycles. The van der Waals surface area contributed by atoms with Crippen molar-refractivity contribution >= 4 is 11.7 Å². The molecule has 0 saturated carbocycles. The highest BCUT2D eigenvalue weighted by molar-refractivity contribution is 5.76. The van der Waals surface area contributed by atoms with Gasteiger partial charge in [0.25, 0.3) is 0 Å². The first-order chi connectivity index (χ1) is 10.2. The average Bonchev–Trinajstić information content (AvgIpc) is 2.55. The predicted molar refractivity (Wildman–Crippen MR) is 78.9 cm³/mol. The summed E-state index contributed by atoms with van der Waals surface area (Å²) in [6, 6.07) is 5.68. The standard InChI is InChI=1S/C15H20N4O2/c1-21-10-2-3-15(20)19-8-6-18(7-9-19)14-5-4-13(11-16)12-17-14/h4-5,12H,2-3,6-10H2,1H3. The van der Waals surface area contributed by atoms with Crippen molar-refractivity contribution in [2.45, 2.75) is 12.8 Å². The largest absolute Gasteiger partial charge is 0.385 e. The minimum atomic E-state index is 0.194. The maximum absolute atomic E-state index is 12.0. The Morgan fingerprint density at radius 2 is 2.14 bits per heavy atom. The quantitative estimate of drug-likeness (QED) is 0.757. The van der Waals surface area contributed by atoms with Crippen LogP contribution in [0.5, 0.6) is 0 Å². The first kappa shape index (κ1) is 15.3. The Morgan fingerprint density at radius 3 is 2.71 bits per heavy atom. The molecular weight excluding hydrogens is 268 g/mol. The van der Waals surface area contributed by atoms with Crippen molar-refractivity contribution in [2.75, 3.05) is 44.8 Å². The number of piperazine rings is 1. The lowest BCUT2D eigenvalue weighted by atomic mass is 10.2. The molecule has 21 heavy (non-hydrogen) atoms. The molecule has 0 aliphatic carbocycles. The highest BCUT2D eigenvalue weighted by atomic mass is 16.5. The van der Waals surface area contributed by atoms with E-state index in [2.05, 4.69) is 16.0 Å². The van der Waals surface area contributed by atoms with Gasteiger partial charge in [0.1, 0.15) is 11.9 Å². The summed E-state index contributed by atoms with van der Waals surface area (Å²) in [4.78, 5) is 20.3. The summed E-state index contributed by atoms with van der Waals surface area (Å²) < 4.78 is 4.96. The van der Waals surface area contributed by atoms with E-state index in [0.29, 0.717) is 31.7 Å². The van der Waals surface area contributed by atoms with Gasteiger partial charge < -0.3 is 14.5 Å². The molecule has 0 unspecified atom stereocenters. The number of rotatable bonds is 5. The van der Waals surface area contributed by atoms with Crippen LogP contribution in [0.3, 0.4) is 0 Å². The van der Waals surface area contributed by atoms with Crippen molar-refractivity contribution < 1.29 is 9.53 Å². The predicted octanol–water partition coefficient (Wildman–Crippen LogP) is 1.03. The van der Waals surface area contributed by atoms with Gasteiger partial charge in [-0.15, -0.1) is 0 Å². The summed E-state index contributed by atoms with van der Waals surface area (Å²) in [5, 5.41) is 8.77. The van der Waals surface area contributed by atoms with E-state index in [1.165, 1.54) is 0 Å². The number of anilines is 1. The lowest BCUT2D eigenvalue weighted by Crippen LogP contribution is -2.49. The van der Waals surface area contributed by atoms with Crippen LogP contribution in [0.15, 0.2) is 18.3 Å². The van der Waals surface area contributed by atoms with Crippen LogP contribution in [-0.2, 0) is 9.53 Å². The number of amides is 1. The minimum absolute atomic E-state index is 0.194. The zero-order chi connectivity index (χ0) is 15.1. The molecule has 0 spiro atoms. The number of carbonyl (C=O) groups excluding carboxylic acids is 1. The molecule has 1 aromatic heterocycles. The molecule has 0 N–H and O–H groups in total. The molecule has 2 heterocycles. The fraction of sp³-hybridized carbons (Fsp3) is 0.533. The van der Waals surface area contributed by atoms with E-state index in [-0.39, 0.29) is 5.91 Å². The van der Waals surface area contributed by atoms with Gasteiger partial charge in [-0.25, -0.2) is 4.98 Å². The Kier molecular flexibility index (Phi) is 5.52. The molecule has 0 aromatic carbocycles. The lowest BCUT2D eigenvalue weighted by molar-refractivity contribution is -0.131. The van der Waals surface area contributed by atoms with E-state index < -0.39 is 0 Å². The van der Waals surface area contributed by atoms with Gasteiger partial charge in [-0.3, -0.25) is 4.79 Å². The highest BCUT2D eigenvalue weighted by Crippen LogP contribution is 2.14. The van der Waals surface area contributed by atoms with Crippen LogP contribution < -0.4 is 4.90 Å². The molecule has 1 aromatic rings. The van der Waals surface area contributed by atoms with Gasteiger partial charge in [0, 0.05) is 52.5 Å². The van der Waals surface area contributed by atoms with E-state index in [9.17, 15) is 4.79 Å². The fourth-order valence-corrected chi connectivity index (χ4v) is 2.35. The number of carbonyl (C=O) groups is 1. The Labute approximate surface area is 124 Å². The minimum Gasteiger partial charge on any atom is -0.385 e. The Balaban J connectivity index is 1.82. The molecule has 0 bridgehead atoms. The van der Waals surface area contributed by atoms with Crippen molar-refractivity contribution in [3.05, 3.63) is 23.9 Å². The molecule has 0 radical (unpaired) electrons. The number of hydrogen-bond donors (Lipinski definition) is 0. The molecule has 1 fully saturated rings. The smallest absolute Gasteiger partial charge is 0.222 e. The van der Waals surface area contributed by atoms with Crippen LogP contribution in [0.25, 0.3) is 0 Å². The van der Waals surface area contributed by atoms with E-state index >= 15 is 0 Å². The summed E-state index contributed by atoms with van der Waals surface area (Å²) in [5.41, 5.74) is 0.561. The number of nitriles is 1. The molecule has 112 valence electrons. The first-order valence-corrected chi connectivity index (χ1v) is 7.12. The van der Waals surface area contributed by atoms with Crippen LogP contribution in [0.2, 0.25) is 0 Å². The van der Waals surface area contributed by atoms with Gasteiger partial charge >= 0.3 is 0 Å². The Morgan fingerprint density at radius 1 is 1.38 bits per heavy atom. The van der Waals surface area contributed by atoms with Crippen LogP contribution >= 0.6 is 0 Å². The van der Waals surface area contributed by atoms with Gasteiger partial charge in [0.2, 0.25) is 5.91 Å². The van der Waals surface area contributed by atoms with Gasteiger partial charge in [-0.1, -0.05) is 0 Å². The molecule has 2 rings (SSSR count). The van der Waals surface area contributed by atoms with Crippen LogP contribution in [0.1, 0.15) is 18.4 Å². The summed E-state index contributed by atoms with van der Waals surface area (Å²) in [5.74, 6) is 1.06. The second-order valence-electron chi connectivity index (χ2n) is 4.98. The second kappa shape index (κ2) is 7.60. The number of methoxy groups -OCH3 is 1. The summed E-state index contributed by atoms with van der Waals surface area (Å²) >= 11 is 0. The Bertz CT molecular complexity index is 501. The van der Waals surface area contributed by atoms with E-state index in [4.69, 9.17) is 10.00 Å². The number of aromatic nitrogens is 1. The number of nitrogens with zero attached hydrogens (tertiary/aromatic N) is 4. The molecular formula is C15H20N4O2. The van der Waals surface area contributed by atoms with E-state index in [1.54, 1.807) is 19.4 Å². The van der Waals surface area contributed by atoms with Crippen LogP contribution in [-0.4, -0.2) is 55.7 Å². The highest BCUT2D eigenvalue weighted by Gasteiger charge is 2.21. The van der Waals surface area contributed by atoms with Crippen molar-refractivity contribution in [1.82, 2.24) is 9.88 Å². The van der Waals surface area contributed by atoms with Gasteiger partial charge in [0.15, 0.2) is 0 Å². The molecule has 6 nitrogen and oxygen atoms in total. The van der Waals surface area contributed by atoms with Crippen molar-refractivity contribution in [3.8, 4) is 6.07 Å². The van der Waals surface area contributed by atoms with Crippen molar-refractivity contribution in [1.29, 1.82) is 5.26 Å². The van der Waals surface area contributed by atoms with Crippen molar-refractivity contribution in [3.63, 3.8) is 0 Å². The molecule has 6 heteroatoms.